The number of alkyl halides is 3. The molecule has 2 aromatic carbocycles. The summed E-state index contributed by atoms with van der Waals surface area (Å²) >= 11 is 8.68. The Kier molecular flexibility index (Phi) is 4.39. The second kappa shape index (κ2) is 5.77. The van der Waals surface area contributed by atoms with E-state index in [-0.39, 0.29) is 15.1 Å². The maximum atomic E-state index is 13.2. The summed E-state index contributed by atoms with van der Waals surface area (Å²) in [4.78, 5) is 12.2. The fourth-order valence-electron chi connectivity index (χ4n) is 1.77. The zero-order valence-corrected chi connectivity index (χ0v) is 12.5. The molecule has 21 heavy (non-hydrogen) atoms. The van der Waals surface area contributed by atoms with E-state index in [9.17, 15) is 22.4 Å². The summed E-state index contributed by atoms with van der Waals surface area (Å²) in [5.74, 6) is -1.74. The van der Waals surface area contributed by atoms with Crippen LogP contribution in [0.2, 0.25) is 5.02 Å². The van der Waals surface area contributed by atoms with Gasteiger partial charge in [0, 0.05) is 15.6 Å². The first kappa shape index (κ1) is 16.0. The van der Waals surface area contributed by atoms with Gasteiger partial charge in [-0.1, -0.05) is 27.5 Å². The maximum absolute atomic E-state index is 13.2. The van der Waals surface area contributed by atoms with Gasteiger partial charge in [-0.25, -0.2) is 4.39 Å². The molecule has 0 fully saturated rings. The van der Waals surface area contributed by atoms with Crippen LogP contribution < -0.4 is 0 Å². The molecule has 0 amide bonds. The van der Waals surface area contributed by atoms with E-state index >= 15 is 0 Å². The number of ketones is 1. The average molecular weight is 382 g/mol. The van der Waals surface area contributed by atoms with Gasteiger partial charge in [-0.15, -0.1) is 0 Å². The van der Waals surface area contributed by atoms with Gasteiger partial charge >= 0.3 is 6.18 Å². The van der Waals surface area contributed by atoms with Crippen LogP contribution in [0, 0.1) is 5.82 Å². The molecule has 1 nitrogen and oxygen atoms in total. The first-order valence-electron chi connectivity index (χ1n) is 5.56. The molecule has 0 N–H and O–H groups in total. The van der Waals surface area contributed by atoms with E-state index < -0.39 is 28.9 Å². The standard InChI is InChI=1S/C14H6BrClF4O/c15-7-1-3-9(11(5-7)14(18,19)20)13(21)10-6-8(17)2-4-12(10)16/h1-6H. The fourth-order valence-corrected chi connectivity index (χ4v) is 2.33. The van der Waals surface area contributed by atoms with Gasteiger partial charge in [0.25, 0.3) is 0 Å². The molecule has 0 saturated carbocycles. The van der Waals surface area contributed by atoms with Crippen molar-refractivity contribution >= 4 is 33.3 Å². The summed E-state index contributed by atoms with van der Waals surface area (Å²) in [5, 5.41) is -0.113. The number of rotatable bonds is 2. The third kappa shape index (κ3) is 3.44. The van der Waals surface area contributed by atoms with Gasteiger partial charge in [-0.05, 0) is 36.4 Å². The number of hydrogen-bond donors (Lipinski definition) is 0. The predicted octanol–water partition coefficient (Wildman–Crippen LogP) is 5.49. The largest absolute Gasteiger partial charge is 0.417 e. The zero-order chi connectivity index (χ0) is 15.8. The second-order valence-electron chi connectivity index (χ2n) is 4.14. The van der Waals surface area contributed by atoms with Gasteiger partial charge in [0.15, 0.2) is 5.78 Å². The minimum atomic E-state index is -4.71. The zero-order valence-electron chi connectivity index (χ0n) is 10.1. The van der Waals surface area contributed by atoms with Crippen LogP contribution in [0.25, 0.3) is 0 Å². The van der Waals surface area contributed by atoms with Gasteiger partial charge in [0.1, 0.15) is 5.82 Å². The Hall–Kier alpha value is -1.40. The van der Waals surface area contributed by atoms with Gasteiger partial charge in [0.2, 0.25) is 0 Å². The third-order valence-corrected chi connectivity index (χ3v) is 3.53. The fraction of sp³-hybridized carbons (Fsp3) is 0.0714. The third-order valence-electron chi connectivity index (χ3n) is 2.70. The highest BCUT2D eigenvalue weighted by Crippen LogP contribution is 2.35. The molecule has 0 aliphatic carbocycles. The molecule has 0 aliphatic rings. The Balaban J connectivity index is 2.61. The number of hydrogen-bond acceptors (Lipinski definition) is 1. The average Bonchev–Trinajstić information content (AvgIpc) is 2.40. The predicted molar refractivity (Wildman–Crippen MR) is 74.0 cm³/mol. The Bertz CT molecular complexity index is 713. The van der Waals surface area contributed by atoms with Crippen LogP contribution >= 0.6 is 27.5 Å². The lowest BCUT2D eigenvalue weighted by Crippen LogP contribution is -2.14. The molecule has 0 aromatic heterocycles. The molecule has 0 spiro atoms. The van der Waals surface area contributed by atoms with Crippen LogP contribution in [0.3, 0.4) is 0 Å². The van der Waals surface area contributed by atoms with Crippen molar-refractivity contribution in [3.05, 3.63) is 68.4 Å². The van der Waals surface area contributed by atoms with Crippen molar-refractivity contribution in [1.29, 1.82) is 0 Å². The van der Waals surface area contributed by atoms with Crippen LogP contribution in [-0.2, 0) is 6.18 Å². The molecule has 0 atom stereocenters. The van der Waals surface area contributed by atoms with Gasteiger partial charge in [-0.3, -0.25) is 4.79 Å². The normalized spacial score (nSPS) is 11.5. The van der Waals surface area contributed by atoms with Crippen LogP contribution in [0.15, 0.2) is 40.9 Å². The van der Waals surface area contributed by atoms with Crippen LogP contribution in [0.1, 0.15) is 21.5 Å². The maximum Gasteiger partial charge on any atom is 0.417 e. The van der Waals surface area contributed by atoms with Crippen LogP contribution in [0.4, 0.5) is 17.6 Å². The quantitative estimate of drug-likeness (QED) is 0.496. The molecule has 7 heteroatoms. The van der Waals surface area contributed by atoms with Gasteiger partial charge in [-0.2, -0.15) is 13.2 Å². The molecule has 2 rings (SSSR count). The van der Waals surface area contributed by atoms with Crippen molar-refractivity contribution in [1.82, 2.24) is 0 Å². The van der Waals surface area contributed by atoms with E-state index in [1.165, 1.54) is 6.07 Å². The highest BCUT2D eigenvalue weighted by atomic mass is 79.9. The topological polar surface area (TPSA) is 17.1 Å². The van der Waals surface area contributed by atoms with Crippen molar-refractivity contribution in [3.63, 3.8) is 0 Å². The highest BCUT2D eigenvalue weighted by molar-refractivity contribution is 9.10. The van der Waals surface area contributed by atoms with Crippen LogP contribution in [0.5, 0.6) is 0 Å². The Morgan fingerprint density at radius 1 is 1.05 bits per heavy atom. The SMILES string of the molecule is O=C(c1cc(F)ccc1Cl)c1ccc(Br)cc1C(F)(F)F. The number of carbonyl (C=O) groups excluding carboxylic acids is 1. The number of benzene rings is 2. The van der Waals surface area contributed by atoms with Crippen molar-refractivity contribution in [2.75, 3.05) is 0 Å². The summed E-state index contributed by atoms with van der Waals surface area (Å²) in [7, 11) is 0. The summed E-state index contributed by atoms with van der Waals surface area (Å²) in [6, 6.07) is 6.07. The monoisotopic (exact) mass is 380 g/mol. The second-order valence-corrected chi connectivity index (χ2v) is 5.46. The highest BCUT2D eigenvalue weighted by Gasteiger charge is 2.35. The Morgan fingerprint density at radius 3 is 2.33 bits per heavy atom. The van der Waals surface area contributed by atoms with E-state index in [1.54, 1.807) is 0 Å². The molecule has 0 saturated heterocycles. The molecule has 0 radical (unpaired) electrons. The summed E-state index contributed by atoms with van der Waals surface area (Å²) in [5.41, 5.74) is -2.01. The molecular weight excluding hydrogens is 376 g/mol. The molecule has 0 bridgehead atoms. The lowest BCUT2D eigenvalue weighted by atomic mass is 9.98. The van der Waals surface area contributed by atoms with E-state index in [0.29, 0.717) is 0 Å². The minimum Gasteiger partial charge on any atom is -0.289 e. The number of halogens is 6. The van der Waals surface area contributed by atoms with Gasteiger partial charge < -0.3 is 0 Å². The summed E-state index contributed by atoms with van der Waals surface area (Å²) in [6.45, 7) is 0. The first-order valence-corrected chi connectivity index (χ1v) is 6.74. The molecule has 2 aromatic rings. The van der Waals surface area contributed by atoms with E-state index in [1.807, 2.05) is 0 Å². The molecule has 110 valence electrons. The molecule has 0 heterocycles. The van der Waals surface area contributed by atoms with E-state index in [0.717, 1.165) is 30.3 Å². The van der Waals surface area contributed by atoms with Crippen molar-refractivity contribution < 1.29 is 22.4 Å². The Labute approximate surface area is 130 Å². The molecule has 0 aliphatic heterocycles. The Morgan fingerprint density at radius 2 is 1.71 bits per heavy atom. The number of carbonyl (C=O) groups is 1. The molecular formula is C14H6BrClF4O. The minimum absolute atomic E-state index is 0.113. The lowest BCUT2D eigenvalue weighted by Gasteiger charge is -2.13. The lowest BCUT2D eigenvalue weighted by molar-refractivity contribution is -0.137. The van der Waals surface area contributed by atoms with Crippen molar-refractivity contribution in [2.24, 2.45) is 0 Å². The van der Waals surface area contributed by atoms with E-state index in [4.69, 9.17) is 11.6 Å². The molecule has 0 unspecified atom stereocenters. The smallest absolute Gasteiger partial charge is 0.289 e. The summed E-state index contributed by atoms with van der Waals surface area (Å²) < 4.78 is 52.4. The van der Waals surface area contributed by atoms with Gasteiger partial charge in [0.05, 0.1) is 10.6 Å². The van der Waals surface area contributed by atoms with E-state index in [2.05, 4.69) is 15.9 Å². The van der Waals surface area contributed by atoms with Crippen molar-refractivity contribution in [3.8, 4) is 0 Å². The van der Waals surface area contributed by atoms with Crippen LogP contribution in [-0.4, -0.2) is 5.78 Å². The summed E-state index contributed by atoms with van der Waals surface area (Å²) in [6.07, 6.45) is -4.71. The van der Waals surface area contributed by atoms with Crippen molar-refractivity contribution in [2.45, 2.75) is 6.18 Å². The first-order chi connectivity index (χ1) is 9.70.